The molecule has 0 unspecified atom stereocenters. The van der Waals surface area contributed by atoms with Crippen LogP contribution in [0, 0.1) is 6.92 Å². The molecular formula is C27H23ClN4O2. The molecule has 5 rings (SSSR count). The fraction of sp³-hybridized carbons (Fsp3) is 0.148. The summed E-state index contributed by atoms with van der Waals surface area (Å²) in [6, 6.07) is 24.7. The van der Waals surface area contributed by atoms with Crippen LogP contribution in [0.5, 0.6) is 0 Å². The van der Waals surface area contributed by atoms with Crippen LogP contribution in [0.25, 0.3) is 0 Å². The number of nitrogens with one attached hydrogen (secondary N) is 1. The first-order valence-corrected chi connectivity index (χ1v) is 11.5. The minimum absolute atomic E-state index is 0.0519. The maximum Gasteiger partial charge on any atom is 0.260 e. The number of carbonyl (C=O) groups excluding carboxylic acids is 2. The summed E-state index contributed by atoms with van der Waals surface area (Å²) in [6.07, 6.45) is 0.855. The highest BCUT2D eigenvalue weighted by Crippen LogP contribution is 2.29. The maximum atomic E-state index is 13.0. The van der Waals surface area contributed by atoms with Crippen molar-refractivity contribution in [3.8, 4) is 0 Å². The monoisotopic (exact) mass is 470 g/mol. The molecule has 6 nitrogen and oxygen atoms in total. The molecule has 0 saturated heterocycles. The van der Waals surface area contributed by atoms with E-state index < -0.39 is 0 Å². The smallest absolute Gasteiger partial charge is 0.260 e. The number of aryl methyl sites for hydroxylation is 1. The van der Waals surface area contributed by atoms with E-state index in [2.05, 4.69) is 16.5 Å². The van der Waals surface area contributed by atoms with Gasteiger partial charge in [0.05, 0.1) is 17.8 Å². The topological polar surface area (TPSA) is 67.2 Å². The van der Waals surface area contributed by atoms with Crippen LogP contribution in [0.3, 0.4) is 0 Å². The summed E-state index contributed by atoms with van der Waals surface area (Å²) in [7, 11) is 0. The van der Waals surface area contributed by atoms with E-state index in [9.17, 15) is 9.59 Å². The molecule has 1 aliphatic rings. The number of anilines is 2. The Morgan fingerprint density at radius 1 is 0.971 bits per heavy atom. The van der Waals surface area contributed by atoms with Gasteiger partial charge in [-0.15, -0.1) is 0 Å². The standard InChI is InChI=1S/C27H23ClN4O2/c1-18-24(25(28)32(30-18)17-19-7-3-2-4-8-19)26(33)29-22-13-11-21(12-14-22)27(34)31-16-15-20-9-5-6-10-23(20)31/h2-14H,15-17H2,1H3,(H,29,33). The number of amides is 2. The van der Waals surface area contributed by atoms with Gasteiger partial charge in [-0.05, 0) is 54.8 Å². The number of carbonyl (C=O) groups is 2. The summed E-state index contributed by atoms with van der Waals surface area (Å²) < 4.78 is 1.62. The van der Waals surface area contributed by atoms with E-state index in [1.54, 1.807) is 40.8 Å². The summed E-state index contributed by atoms with van der Waals surface area (Å²) in [5.74, 6) is -0.390. The zero-order chi connectivity index (χ0) is 23.7. The van der Waals surface area contributed by atoms with E-state index >= 15 is 0 Å². The number of hydrogen-bond donors (Lipinski definition) is 1. The largest absolute Gasteiger partial charge is 0.322 e. The van der Waals surface area contributed by atoms with Crippen LogP contribution in [0.15, 0.2) is 78.9 Å². The lowest BCUT2D eigenvalue weighted by atomic mass is 10.1. The third-order valence-electron chi connectivity index (χ3n) is 5.99. The first kappa shape index (κ1) is 21.9. The summed E-state index contributed by atoms with van der Waals surface area (Å²) in [5, 5.41) is 7.60. The van der Waals surface area contributed by atoms with Crippen molar-refractivity contribution in [3.05, 3.63) is 112 Å². The van der Waals surface area contributed by atoms with Crippen LogP contribution in [-0.4, -0.2) is 28.1 Å². The van der Waals surface area contributed by atoms with E-state index in [4.69, 9.17) is 11.6 Å². The number of halogens is 1. The molecule has 2 heterocycles. The number of para-hydroxylation sites is 1. The molecule has 0 spiro atoms. The van der Waals surface area contributed by atoms with E-state index in [1.807, 2.05) is 48.5 Å². The molecular weight excluding hydrogens is 448 g/mol. The van der Waals surface area contributed by atoms with Gasteiger partial charge in [0.2, 0.25) is 0 Å². The highest BCUT2D eigenvalue weighted by Gasteiger charge is 2.25. The average Bonchev–Trinajstić information content (AvgIpc) is 3.40. The lowest BCUT2D eigenvalue weighted by Gasteiger charge is -2.17. The van der Waals surface area contributed by atoms with Gasteiger partial charge in [-0.3, -0.25) is 9.59 Å². The molecule has 1 aliphatic heterocycles. The van der Waals surface area contributed by atoms with E-state index in [-0.39, 0.29) is 11.8 Å². The summed E-state index contributed by atoms with van der Waals surface area (Å²) in [4.78, 5) is 27.8. The minimum Gasteiger partial charge on any atom is -0.322 e. The zero-order valence-electron chi connectivity index (χ0n) is 18.7. The van der Waals surface area contributed by atoms with Gasteiger partial charge in [-0.25, -0.2) is 4.68 Å². The molecule has 4 aromatic rings. The molecule has 3 aromatic carbocycles. The molecule has 0 radical (unpaired) electrons. The van der Waals surface area contributed by atoms with Gasteiger partial charge in [0.25, 0.3) is 11.8 Å². The lowest BCUT2D eigenvalue weighted by molar-refractivity contribution is 0.0988. The normalized spacial score (nSPS) is 12.5. The molecule has 7 heteroatoms. The molecule has 1 N–H and O–H groups in total. The number of nitrogens with zero attached hydrogens (tertiary/aromatic N) is 3. The number of fused-ring (bicyclic) bond motifs is 1. The Hall–Kier alpha value is -3.90. The molecule has 170 valence electrons. The van der Waals surface area contributed by atoms with Gasteiger partial charge >= 0.3 is 0 Å². The number of hydrogen-bond acceptors (Lipinski definition) is 3. The molecule has 2 amide bonds. The molecule has 0 bridgehead atoms. The zero-order valence-corrected chi connectivity index (χ0v) is 19.4. The van der Waals surface area contributed by atoms with Gasteiger partial charge in [-0.1, -0.05) is 60.1 Å². The molecule has 1 aromatic heterocycles. The fourth-order valence-corrected chi connectivity index (χ4v) is 4.59. The van der Waals surface area contributed by atoms with E-state index in [0.29, 0.717) is 40.8 Å². The second-order valence-corrected chi connectivity index (χ2v) is 8.62. The second kappa shape index (κ2) is 9.15. The van der Waals surface area contributed by atoms with Gasteiger partial charge in [0.1, 0.15) is 5.15 Å². The Morgan fingerprint density at radius 3 is 2.44 bits per heavy atom. The third kappa shape index (κ3) is 4.20. The van der Waals surface area contributed by atoms with Crippen molar-refractivity contribution in [2.75, 3.05) is 16.8 Å². The van der Waals surface area contributed by atoms with Crippen LogP contribution < -0.4 is 10.2 Å². The van der Waals surface area contributed by atoms with Crippen molar-refractivity contribution in [2.24, 2.45) is 0 Å². The van der Waals surface area contributed by atoms with Gasteiger partial charge in [-0.2, -0.15) is 5.10 Å². The van der Waals surface area contributed by atoms with Crippen LogP contribution >= 0.6 is 11.6 Å². The molecule has 34 heavy (non-hydrogen) atoms. The van der Waals surface area contributed by atoms with Gasteiger partial charge in [0.15, 0.2) is 0 Å². The van der Waals surface area contributed by atoms with E-state index in [1.165, 1.54) is 5.56 Å². The van der Waals surface area contributed by atoms with Crippen molar-refractivity contribution in [1.29, 1.82) is 0 Å². The average molecular weight is 471 g/mol. The Labute approximate surface area is 202 Å². The van der Waals surface area contributed by atoms with Crippen molar-refractivity contribution in [2.45, 2.75) is 19.9 Å². The SMILES string of the molecule is Cc1nn(Cc2ccccc2)c(Cl)c1C(=O)Nc1ccc(C(=O)N2CCc3ccccc32)cc1. The third-order valence-corrected chi connectivity index (χ3v) is 6.37. The van der Waals surface area contributed by atoms with Crippen molar-refractivity contribution in [3.63, 3.8) is 0 Å². The van der Waals surface area contributed by atoms with Crippen molar-refractivity contribution >= 4 is 34.8 Å². The Kier molecular flexibility index (Phi) is 5.90. The van der Waals surface area contributed by atoms with Gasteiger partial charge < -0.3 is 10.2 Å². The predicted molar refractivity (Wildman–Crippen MR) is 134 cm³/mol. The van der Waals surface area contributed by atoms with Crippen LogP contribution in [-0.2, 0) is 13.0 Å². The number of rotatable bonds is 5. The highest BCUT2D eigenvalue weighted by molar-refractivity contribution is 6.33. The summed E-state index contributed by atoms with van der Waals surface area (Å²) in [6.45, 7) is 2.91. The van der Waals surface area contributed by atoms with Crippen LogP contribution in [0.2, 0.25) is 5.15 Å². The first-order chi connectivity index (χ1) is 16.5. The minimum atomic E-state index is -0.339. The summed E-state index contributed by atoms with van der Waals surface area (Å²) in [5.41, 5.74) is 5.22. The lowest BCUT2D eigenvalue weighted by Crippen LogP contribution is -2.28. The number of benzene rings is 3. The van der Waals surface area contributed by atoms with Crippen molar-refractivity contribution < 1.29 is 9.59 Å². The Bertz CT molecular complexity index is 1360. The fourth-order valence-electron chi connectivity index (χ4n) is 4.27. The van der Waals surface area contributed by atoms with Gasteiger partial charge in [0, 0.05) is 23.5 Å². The quantitative estimate of drug-likeness (QED) is 0.427. The Morgan fingerprint density at radius 2 is 1.68 bits per heavy atom. The second-order valence-electron chi connectivity index (χ2n) is 8.26. The Balaban J connectivity index is 1.29. The highest BCUT2D eigenvalue weighted by atomic mass is 35.5. The van der Waals surface area contributed by atoms with E-state index in [0.717, 1.165) is 17.7 Å². The number of aromatic nitrogens is 2. The maximum absolute atomic E-state index is 13.0. The first-order valence-electron chi connectivity index (χ1n) is 11.1. The summed E-state index contributed by atoms with van der Waals surface area (Å²) >= 11 is 6.51. The molecule has 0 saturated carbocycles. The molecule has 0 atom stereocenters. The van der Waals surface area contributed by atoms with Crippen molar-refractivity contribution in [1.82, 2.24) is 9.78 Å². The predicted octanol–water partition coefficient (Wildman–Crippen LogP) is 5.35. The molecule has 0 aliphatic carbocycles. The molecule has 0 fully saturated rings. The van der Waals surface area contributed by atoms with Crippen LogP contribution in [0.1, 0.15) is 37.5 Å². The van der Waals surface area contributed by atoms with Crippen LogP contribution in [0.4, 0.5) is 11.4 Å².